The number of carbonyl (C=O) groups excluding carboxylic acids is 1. The van der Waals surface area contributed by atoms with Crippen molar-refractivity contribution < 1.29 is 4.79 Å². The van der Waals surface area contributed by atoms with Crippen LogP contribution in [0.1, 0.15) is 32.8 Å². The Kier molecular flexibility index (Phi) is 6.05. The van der Waals surface area contributed by atoms with Crippen LogP contribution in [0.3, 0.4) is 0 Å². The van der Waals surface area contributed by atoms with E-state index in [4.69, 9.17) is 0 Å². The van der Waals surface area contributed by atoms with Gasteiger partial charge in [0, 0.05) is 19.2 Å². The Morgan fingerprint density at radius 1 is 1.32 bits per heavy atom. The lowest BCUT2D eigenvalue weighted by Crippen LogP contribution is -2.38. The average Bonchev–Trinajstić information content (AvgIpc) is 2.44. The Balaban J connectivity index is 2.78. The first kappa shape index (κ1) is 15.2. The molecule has 0 fully saturated rings. The van der Waals surface area contributed by atoms with Gasteiger partial charge in [-0.3, -0.25) is 4.79 Å². The molecule has 1 aromatic rings. The summed E-state index contributed by atoms with van der Waals surface area (Å²) < 4.78 is 0. The summed E-state index contributed by atoms with van der Waals surface area (Å²) in [5, 5.41) is 9.03. The van der Waals surface area contributed by atoms with Crippen molar-refractivity contribution in [1.29, 1.82) is 0 Å². The SMILES string of the molecule is CCCNC(=O)C(C)Nc1ncnc(NC)c1CC. The summed E-state index contributed by atoms with van der Waals surface area (Å²) in [6.45, 7) is 6.58. The zero-order valence-electron chi connectivity index (χ0n) is 12.1. The topological polar surface area (TPSA) is 78.9 Å². The highest BCUT2D eigenvalue weighted by Gasteiger charge is 2.15. The third-order valence-corrected chi connectivity index (χ3v) is 2.83. The van der Waals surface area contributed by atoms with Crippen molar-refractivity contribution in [3.8, 4) is 0 Å². The van der Waals surface area contributed by atoms with Crippen molar-refractivity contribution in [2.24, 2.45) is 0 Å². The van der Waals surface area contributed by atoms with E-state index in [1.54, 1.807) is 0 Å². The van der Waals surface area contributed by atoms with Crippen molar-refractivity contribution in [3.05, 3.63) is 11.9 Å². The number of nitrogens with one attached hydrogen (secondary N) is 3. The van der Waals surface area contributed by atoms with Gasteiger partial charge in [0.2, 0.25) is 5.91 Å². The van der Waals surface area contributed by atoms with Crippen molar-refractivity contribution >= 4 is 17.5 Å². The van der Waals surface area contributed by atoms with Crippen LogP contribution in [0.25, 0.3) is 0 Å². The highest BCUT2D eigenvalue weighted by atomic mass is 16.2. The van der Waals surface area contributed by atoms with Crippen LogP contribution in [-0.4, -0.2) is 35.5 Å². The minimum Gasteiger partial charge on any atom is -0.373 e. The van der Waals surface area contributed by atoms with E-state index in [0.717, 1.165) is 24.2 Å². The Morgan fingerprint density at radius 2 is 2.00 bits per heavy atom. The second kappa shape index (κ2) is 7.56. The molecule has 6 heteroatoms. The fraction of sp³-hybridized carbons (Fsp3) is 0.615. The van der Waals surface area contributed by atoms with Gasteiger partial charge in [0.1, 0.15) is 24.0 Å². The largest absolute Gasteiger partial charge is 0.373 e. The molecule has 3 N–H and O–H groups in total. The maximum atomic E-state index is 11.8. The van der Waals surface area contributed by atoms with E-state index in [1.165, 1.54) is 6.33 Å². The van der Waals surface area contributed by atoms with Gasteiger partial charge in [-0.15, -0.1) is 0 Å². The molecule has 0 radical (unpaired) electrons. The quantitative estimate of drug-likeness (QED) is 0.694. The third kappa shape index (κ3) is 4.08. The summed E-state index contributed by atoms with van der Waals surface area (Å²) in [6, 6.07) is -0.323. The maximum Gasteiger partial charge on any atom is 0.242 e. The zero-order chi connectivity index (χ0) is 14.3. The lowest BCUT2D eigenvalue weighted by atomic mass is 10.2. The summed E-state index contributed by atoms with van der Waals surface area (Å²) in [5.41, 5.74) is 0.986. The normalized spacial score (nSPS) is 11.8. The lowest BCUT2D eigenvalue weighted by molar-refractivity contribution is -0.121. The Morgan fingerprint density at radius 3 is 2.58 bits per heavy atom. The van der Waals surface area contributed by atoms with Crippen LogP contribution in [0.5, 0.6) is 0 Å². The monoisotopic (exact) mass is 265 g/mol. The van der Waals surface area contributed by atoms with Gasteiger partial charge in [-0.25, -0.2) is 9.97 Å². The van der Waals surface area contributed by atoms with E-state index in [1.807, 2.05) is 27.8 Å². The highest BCUT2D eigenvalue weighted by Crippen LogP contribution is 2.20. The van der Waals surface area contributed by atoms with Gasteiger partial charge in [0.05, 0.1) is 0 Å². The summed E-state index contributed by atoms with van der Waals surface area (Å²) in [6.07, 6.45) is 3.21. The van der Waals surface area contributed by atoms with Crippen LogP contribution in [0.15, 0.2) is 6.33 Å². The Labute approximate surface area is 114 Å². The van der Waals surface area contributed by atoms with Crippen molar-refractivity contribution in [2.45, 2.75) is 39.7 Å². The van der Waals surface area contributed by atoms with E-state index in [0.29, 0.717) is 12.4 Å². The summed E-state index contributed by atoms with van der Waals surface area (Å²) in [4.78, 5) is 20.2. The van der Waals surface area contributed by atoms with Crippen molar-refractivity contribution in [1.82, 2.24) is 15.3 Å². The molecule has 1 aromatic heterocycles. The molecule has 1 rings (SSSR count). The number of rotatable bonds is 7. The second-order valence-electron chi connectivity index (χ2n) is 4.31. The molecule has 0 bridgehead atoms. The maximum absolute atomic E-state index is 11.8. The summed E-state index contributed by atoms with van der Waals surface area (Å²) in [5.74, 6) is 1.48. The van der Waals surface area contributed by atoms with E-state index in [2.05, 4.69) is 25.9 Å². The van der Waals surface area contributed by atoms with E-state index < -0.39 is 0 Å². The van der Waals surface area contributed by atoms with Crippen LogP contribution in [0.4, 0.5) is 11.6 Å². The first-order valence-electron chi connectivity index (χ1n) is 6.69. The van der Waals surface area contributed by atoms with Gasteiger partial charge in [0.25, 0.3) is 0 Å². The van der Waals surface area contributed by atoms with Crippen molar-refractivity contribution in [2.75, 3.05) is 24.2 Å². The fourth-order valence-corrected chi connectivity index (χ4v) is 1.76. The molecule has 0 aliphatic rings. The van der Waals surface area contributed by atoms with Gasteiger partial charge in [-0.1, -0.05) is 13.8 Å². The smallest absolute Gasteiger partial charge is 0.242 e. The predicted octanol–water partition coefficient (Wildman–Crippen LogP) is 1.41. The van der Waals surface area contributed by atoms with E-state index in [9.17, 15) is 4.79 Å². The summed E-state index contributed by atoms with van der Waals surface area (Å²) in [7, 11) is 1.82. The van der Waals surface area contributed by atoms with Gasteiger partial charge >= 0.3 is 0 Å². The predicted molar refractivity (Wildman–Crippen MR) is 77.3 cm³/mol. The molecule has 0 aliphatic carbocycles. The molecule has 6 nitrogen and oxygen atoms in total. The third-order valence-electron chi connectivity index (χ3n) is 2.83. The minimum atomic E-state index is -0.323. The molecule has 1 heterocycles. The summed E-state index contributed by atoms with van der Waals surface area (Å²) >= 11 is 0. The first-order chi connectivity index (χ1) is 9.13. The Hall–Kier alpha value is -1.85. The van der Waals surface area contributed by atoms with Gasteiger partial charge in [-0.05, 0) is 19.8 Å². The molecule has 0 saturated heterocycles. The first-order valence-corrected chi connectivity index (χ1v) is 6.69. The zero-order valence-corrected chi connectivity index (χ0v) is 12.1. The molecule has 106 valence electrons. The van der Waals surface area contributed by atoms with Crippen molar-refractivity contribution in [3.63, 3.8) is 0 Å². The molecular formula is C13H23N5O. The fourth-order valence-electron chi connectivity index (χ4n) is 1.76. The molecular weight excluding hydrogens is 242 g/mol. The number of carbonyl (C=O) groups is 1. The van der Waals surface area contributed by atoms with E-state index in [-0.39, 0.29) is 11.9 Å². The molecule has 0 saturated carbocycles. The van der Waals surface area contributed by atoms with Crippen LogP contribution in [0.2, 0.25) is 0 Å². The van der Waals surface area contributed by atoms with Crippen LogP contribution in [-0.2, 0) is 11.2 Å². The average molecular weight is 265 g/mol. The second-order valence-corrected chi connectivity index (χ2v) is 4.31. The molecule has 0 aliphatic heterocycles. The molecule has 0 spiro atoms. The molecule has 1 unspecified atom stereocenters. The van der Waals surface area contributed by atoms with Gasteiger partial charge < -0.3 is 16.0 Å². The molecule has 0 aromatic carbocycles. The highest BCUT2D eigenvalue weighted by molar-refractivity contribution is 5.84. The van der Waals surface area contributed by atoms with E-state index >= 15 is 0 Å². The number of nitrogens with zero attached hydrogens (tertiary/aromatic N) is 2. The Bertz CT molecular complexity index is 421. The minimum absolute atomic E-state index is 0.0199. The number of hydrogen-bond donors (Lipinski definition) is 3. The number of aromatic nitrogens is 2. The molecule has 1 amide bonds. The van der Waals surface area contributed by atoms with Crippen LogP contribution >= 0.6 is 0 Å². The lowest BCUT2D eigenvalue weighted by Gasteiger charge is -2.17. The number of hydrogen-bond acceptors (Lipinski definition) is 5. The van der Waals surface area contributed by atoms with Gasteiger partial charge in [0.15, 0.2) is 0 Å². The van der Waals surface area contributed by atoms with Crippen LogP contribution in [0, 0.1) is 0 Å². The van der Waals surface area contributed by atoms with Crippen LogP contribution < -0.4 is 16.0 Å². The molecule has 1 atom stereocenters. The molecule has 19 heavy (non-hydrogen) atoms. The standard InChI is InChI=1S/C13H23N5O/c1-5-7-15-13(19)9(3)18-12-10(6-2)11(14-4)16-8-17-12/h8-9H,5-7H2,1-4H3,(H,15,19)(H2,14,16,17,18). The number of amides is 1. The number of anilines is 2. The van der Waals surface area contributed by atoms with Gasteiger partial charge in [-0.2, -0.15) is 0 Å².